The van der Waals surface area contributed by atoms with Crippen molar-refractivity contribution < 1.29 is 14.3 Å². The maximum atomic E-state index is 11.3. The van der Waals surface area contributed by atoms with E-state index < -0.39 is 0 Å². The third-order valence-electron chi connectivity index (χ3n) is 3.06. The van der Waals surface area contributed by atoms with Gasteiger partial charge in [-0.25, -0.2) is 4.79 Å². The summed E-state index contributed by atoms with van der Waals surface area (Å²) in [5, 5.41) is 7.41. The molecule has 0 saturated carbocycles. The quantitative estimate of drug-likeness (QED) is 0.376. The van der Waals surface area contributed by atoms with E-state index in [0.29, 0.717) is 10.7 Å². The van der Waals surface area contributed by atoms with Crippen molar-refractivity contribution >= 4 is 35.2 Å². The van der Waals surface area contributed by atoms with E-state index in [0.717, 1.165) is 17.0 Å². The van der Waals surface area contributed by atoms with Crippen LogP contribution in [0.1, 0.15) is 15.9 Å². The fraction of sp³-hybridized carbons (Fsp3) is 0.118. The third-order valence-corrected chi connectivity index (χ3v) is 3.25. The van der Waals surface area contributed by atoms with Gasteiger partial charge in [0.25, 0.3) is 0 Å². The second kappa shape index (κ2) is 8.64. The van der Waals surface area contributed by atoms with Crippen LogP contribution in [0.25, 0.3) is 0 Å². The Kier molecular flexibility index (Phi) is 6.27. The highest BCUT2D eigenvalue weighted by molar-refractivity contribution is 7.80. The first kappa shape index (κ1) is 17.4. The number of anilines is 1. The van der Waals surface area contributed by atoms with E-state index in [2.05, 4.69) is 20.6 Å². The van der Waals surface area contributed by atoms with E-state index in [1.165, 1.54) is 7.11 Å². The van der Waals surface area contributed by atoms with Gasteiger partial charge in [0, 0.05) is 5.69 Å². The zero-order valence-electron chi connectivity index (χ0n) is 13.3. The molecule has 0 saturated heterocycles. The first-order valence-corrected chi connectivity index (χ1v) is 7.45. The lowest BCUT2D eigenvalue weighted by Crippen LogP contribution is -2.23. The van der Waals surface area contributed by atoms with Gasteiger partial charge >= 0.3 is 5.97 Å². The summed E-state index contributed by atoms with van der Waals surface area (Å²) < 4.78 is 9.73. The second-order valence-corrected chi connectivity index (χ2v) is 5.07. The monoisotopic (exact) mass is 343 g/mol. The van der Waals surface area contributed by atoms with Crippen molar-refractivity contribution in [2.45, 2.75) is 0 Å². The number of esters is 1. The Bertz CT molecular complexity index is 728. The van der Waals surface area contributed by atoms with Crippen molar-refractivity contribution in [2.24, 2.45) is 5.10 Å². The Balaban J connectivity index is 1.86. The van der Waals surface area contributed by atoms with E-state index in [1.54, 1.807) is 37.6 Å². The van der Waals surface area contributed by atoms with Crippen LogP contribution in [-0.4, -0.2) is 31.5 Å². The average Bonchev–Trinajstić information content (AvgIpc) is 2.62. The summed E-state index contributed by atoms with van der Waals surface area (Å²) in [6.07, 6.45) is 1.60. The summed E-state index contributed by atoms with van der Waals surface area (Å²) in [6, 6.07) is 14.2. The molecule has 0 aliphatic rings. The molecule has 2 N–H and O–H groups in total. The van der Waals surface area contributed by atoms with Crippen LogP contribution >= 0.6 is 12.2 Å². The normalized spacial score (nSPS) is 10.2. The standard InChI is InChI=1S/C17H17N3O3S/c1-22-15-9-7-14(8-10-15)19-17(24)20-18-11-12-3-5-13(6-4-12)16(21)23-2/h3-11H,1-2H3,(H2,19,20,24). The van der Waals surface area contributed by atoms with Gasteiger partial charge in [0.05, 0.1) is 26.0 Å². The van der Waals surface area contributed by atoms with Crippen molar-refractivity contribution in [1.82, 2.24) is 5.43 Å². The van der Waals surface area contributed by atoms with Gasteiger partial charge in [0.1, 0.15) is 5.75 Å². The Labute approximate surface area is 145 Å². The molecule has 6 nitrogen and oxygen atoms in total. The van der Waals surface area contributed by atoms with Gasteiger partial charge in [0.2, 0.25) is 0 Å². The predicted molar refractivity (Wildman–Crippen MR) is 97.7 cm³/mol. The number of hydrogen-bond donors (Lipinski definition) is 2. The molecule has 0 heterocycles. The molecule has 0 aliphatic heterocycles. The highest BCUT2D eigenvalue weighted by Gasteiger charge is 2.03. The van der Waals surface area contributed by atoms with Crippen LogP contribution in [0.15, 0.2) is 53.6 Å². The van der Waals surface area contributed by atoms with E-state index in [1.807, 2.05) is 24.3 Å². The lowest BCUT2D eigenvalue weighted by atomic mass is 10.1. The highest BCUT2D eigenvalue weighted by atomic mass is 32.1. The van der Waals surface area contributed by atoms with E-state index in [9.17, 15) is 4.79 Å². The Morgan fingerprint density at radius 3 is 2.33 bits per heavy atom. The van der Waals surface area contributed by atoms with Gasteiger partial charge in [0.15, 0.2) is 5.11 Å². The van der Waals surface area contributed by atoms with Crippen LogP contribution < -0.4 is 15.5 Å². The zero-order valence-corrected chi connectivity index (χ0v) is 14.1. The summed E-state index contributed by atoms with van der Waals surface area (Å²) >= 11 is 5.15. The topological polar surface area (TPSA) is 72.0 Å². The van der Waals surface area contributed by atoms with Gasteiger partial charge in [-0.15, -0.1) is 0 Å². The maximum Gasteiger partial charge on any atom is 0.337 e. The third kappa shape index (κ3) is 5.06. The summed E-state index contributed by atoms with van der Waals surface area (Å²) in [7, 11) is 2.96. The van der Waals surface area contributed by atoms with Crippen LogP contribution in [0.2, 0.25) is 0 Å². The molecule has 0 aromatic heterocycles. The molecule has 2 aromatic carbocycles. The van der Waals surface area contributed by atoms with Gasteiger partial charge in [-0.1, -0.05) is 12.1 Å². The number of carbonyl (C=O) groups is 1. The number of hydrogen-bond acceptors (Lipinski definition) is 5. The number of hydrazone groups is 1. The number of nitrogens with one attached hydrogen (secondary N) is 2. The molecule has 0 fully saturated rings. The first-order chi connectivity index (χ1) is 11.6. The SMILES string of the molecule is COC(=O)c1ccc(C=NNC(=S)Nc2ccc(OC)cc2)cc1. The van der Waals surface area contributed by atoms with Crippen molar-refractivity contribution in [3.8, 4) is 5.75 Å². The van der Waals surface area contributed by atoms with Crippen molar-refractivity contribution in [3.05, 3.63) is 59.7 Å². The van der Waals surface area contributed by atoms with Gasteiger partial charge in [-0.05, 0) is 54.2 Å². The van der Waals surface area contributed by atoms with E-state index in [-0.39, 0.29) is 5.97 Å². The van der Waals surface area contributed by atoms with Crippen LogP contribution in [0.3, 0.4) is 0 Å². The molecule has 0 radical (unpaired) electrons. The molecule has 0 unspecified atom stereocenters. The highest BCUT2D eigenvalue weighted by Crippen LogP contribution is 2.14. The minimum absolute atomic E-state index is 0.364. The lowest BCUT2D eigenvalue weighted by molar-refractivity contribution is 0.0600. The molecule has 24 heavy (non-hydrogen) atoms. The van der Waals surface area contributed by atoms with Crippen molar-refractivity contribution in [3.63, 3.8) is 0 Å². The minimum Gasteiger partial charge on any atom is -0.497 e. The number of carbonyl (C=O) groups excluding carboxylic acids is 1. The Morgan fingerprint density at radius 2 is 1.75 bits per heavy atom. The fourth-order valence-electron chi connectivity index (χ4n) is 1.82. The lowest BCUT2D eigenvalue weighted by Gasteiger charge is -2.07. The van der Waals surface area contributed by atoms with Gasteiger partial charge in [-0.2, -0.15) is 5.10 Å². The largest absolute Gasteiger partial charge is 0.497 e. The van der Waals surface area contributed by atoms with E-state index >= 15 is 0 Å². The smallest absolute Gasteiger partial charge is 0.337 e. The number of benzene rings is 2. The van der Waals surface area contributed by atoms with Crippen LogP contribution in [0.5, 0.6) is 5.75 Å². The van der Waals surface area contributed by atoms with Crippen molar-refractivity contribution in [2.75, 3.05) is 19.5 Å². The van der Waals surface area contributed by atoms with Crippen LogP contribution in [0, 0.1) is 0 Å². The predicted octanol–water partition coefficient (Wildman–Crippen LogP) is 2.80. The molecule has 0 aliphatic carbocycles. The molecule has 7 heteroatoms. The average molecular weight is 343 g/mol. The minimum atomic E-state index is -0.374. The molecule has 2 rings (SSSR count). The number of nitrogens with zero attached hydrogens (tertiary/aromatic N) is 1. The number of thiocarbonyl (C=S) groups is 1. The zero-order chi connectivity index (χ0) is 17.4. The number of ether oxygens (including phenoxy) is 2. The van der Waals surface area contributed by atoms with Gasteiger partial charge < -0.3 is 14.8 Å². The fourth-order valence-corrected chi connectivity index (χ4v) is 1.99. The number of rotatable bonds is 5. The number of methoxy groups -OCH3 is 2. The second-order valence-electron chi connectivity index (χ2n) is 4.67. The first-order valence-electron chi connectivity index (χ1n) is 7.05. The molecule has 0 atom stereocenters. The van der Waals surface area contributed by atoms with Crippen molar-refractivity contribution in [1.29, 1.82) is 0 Å². The molecule has 2 aromatic rings. The summed E-state index contributed by atoms with van der Waals surface area (Å²) in [4.78, 5) is 11.3. The maximum absolute atomic E-state index is 11.3. The molecule has 0 bridgehead atoms. The Morgan fingerprint density at radius 1 is 1.08 bits per heavy atom. The van der Waals surface area contributed by atoms with E-state index in [4.69, 9.17) is 17.0 Å². The molecular formula is C17H17N3O3S. The van der Waals surface area contributed by atoms with Crippen LogP contribution in [0.4, 0.5) is 5.69 Å². The summed E-state index contributed by atoms with van der Waals surface area (Å²) in [5.74, 6) is 0.398. The molecule has 0 spiro atoms. The molecular weight excluding hydrogens is 326 g/mol. The summed E-state index contributed by atoms with van der Waals surface area (Å²) in [5.41, 5.74) is 4.86. The molecule has 124 valence electrons. The van der Waals surface area contributed by atoms with Crippen LogP contribution in [-0.2, 0) is 4.74 Å². The van der Waals surface area contributed by atoms with Gasteiger partial charge in [-0.3, -0.25) is 5.43 Å². The summed E-state index contributed by atoms with van der Waals surface area (Å²) in [6.45, 7) is 0. The molecule has 0 amide bonds. The Hall–Kier alpha value is -2.93.